The number of hydrogen-bond donors (Lipinski definition) is 3. The fraction of sp³-hybridized carbons (Fsp3) is 0.870. The zero-order chi connectivity index (χ0) is 20.0. The van der Waals surface area contributed by atoms with Gasteiger partial charge in [0.1, 0.15) is 0 Å². The smallest absolute Gasteiger partial charge is 0.303 e. The first-order valence-corrected chi connectivity index (χ1v) is 11.4. The van der Waals surface area contributed by atoms with E-state index in [1.807, 2.05) is 6.92 Å². The summed E-state index contributed by atoms with van der Waals surface area (Å²) in [6.07, 6.45) is 16.3. The van der Waals surface area contributed by atoms with Gasteiger partial charge in [0.2, 0.25) is 0 Å². The number of unbranched alkanes of at least 4 members (excludes halogenated alkanes) is 1. The lowest BCUT2D eigenvalue weighted by Gasteiger charge is -2.36. The van der Waals surface area contributed by atoms with Crippen LogP contribution in [0.15, 0.2) is 12.2 Å². The van der Waals surface area contributed by atoms with Crippen molar-refractivity contribution in [1.82, 2.24) is 5.32 Å². The summed E-state index contributed by atoms with van der Waals surface area (Å²) in [7, 11) is 0. The molecule has 3 aliphatic rings. The second-order valence-corrected chi connectivity index (χ2v) is 9.43. The molecule has 3 N–H and O–H groups in total. The number of rotatable bonds is 11. The van der Waals surface area contributed by atoms with Crippen molar-refractivity contribution in [3.63, 3.8) is 0 Å². The summed E-state index contributed by atoms with van der Waals surface area (Å²) in [5.74, 6) is 0.769. The summed E-state index contributed by atoms with van der Waals surface area (Å²) in [4.78, 5) is 10.6. The van der Waals surface area contributed by atoms with Gasteiger partial charge in [-0.25, -0.2) is 0 Å². The number of aliphatic hydroxyl groups is 1. The molecule has 3 rings (SSSR count). The Labute approximate surface area is 169 Å². The molecule has 0 spiro atoms. The third-order valence-corrected chi connectivity index (χ3v) is 7.27. The lowest BCUT2D eigenvalue weighted by atomic mass is 9.76. The Morgan fingerprint density at radius 1 is 1.11 bits per heavy atom. The average Bonchev–Trinajstić information content (AvgIpc) is 3.27. The number of carboxylic acid groups (broad SMARTS) is 1. The van der Waals surface area contributed by atoms with Crippen molar-refractivity contribution in [3.05, 3.63) is 12.2 Å². The standard InChI is InChI=1S/C23H39NO4/c1-23(27,17-9-5-4-6-10-17)16-24-15-19-18(20-13-14-21(19)28-20)11-7-2-3-8-12-22(25)26/h2,7,17-21,24,27H,3-6,8-16H2,1H3,(H,25,26)/b7-2-/t18-,19+,20-,21+,23?/m1/s1. The minimum absolute atomic E-state index is 0.245. The van der Waals surface area contributed by atoms with Gasteiger partial charge in [0.25, 0.3) is 0 Å². The van der Waals surface area contributed by atoms with Crippen molar-refractivity contribution < 1.29 is 19.7 Å². The Bertz CT molecular complexity index is 527. The van der Waals surface area contributed by atoms with Crippen molar-refractivity contribution in [2.24, 2.45) is 17.8 Å². The lowest BCUT2D eigenvalue weighted by molar-refractivity contribution is -0.137. The van der Waals surface area contributed by atoms with Gasteiger partial charge >= 0.3 is 5.97 Å². The largest absolute Gasteiger partial charge is 0.481 e. The molecule has 0 amide bonds. The monoisotopic (exact) mass is 393 g/mol. The molecule has 0 aromatic heterocycles. The van der Waals surface area contributed by atoms with Crippen LogP contribution in [0.2, 0.25) is 0 Å². The van der Waals surface area contributed by atoms with Gasteiger partial charge in [-0.2, -0.15) is 0 Å². The first-order valence-electron chi connectivity index (χ1n) is 11.4. The Morgan fingerprint density at radius 3 is 2.54 bits per heavy atom. The van der Waals surface area contributed by atoms with Crippen molar-refractivity contribution in [3.8, 4) is 0 Å². The summed E-state index contributed by atoms with van der Waals surface area (Å²) in [6, 6.07) is 0. The van der Waals surface area contributed by atoms with Crippen LogP contribution in [-0.2, 0) is 9.53 Å². The molecule has 1 aliphatic carbocycles. The van der Waals surface area contributed by atoms with E-state index < -0.39 is 11.6 Å². The molecule has 5 atom stereocenters. The van der Waals surface area contributed by atoms with Crippen molar-refractivity contribution in [2.45, 2.75) is 95.4 Å². The molecule has 2 aliphatic heterocycles. The van der Waals surface area contributed by atoms with E-state index in [-0.39, 0.29) is 6.42 Å². The molecule has 0 radical (unpaired) electrons. The molecule has 3 fully saturated rings. The van der Waals surface area contributed by atoms with E-state index in [1.54, 1.807) is 0 Å². The van der Waals surface area contributed by atoms with Gasteiger partial charge in [-0.05, 0) is 63.7 Å². The molecule has 1 unspecified atom stereocenters. The van der Waals surface area contributed by atoms with Gasteiger partial charge in [-0.15, -0.1) is 0 Å². The molecule has 1 saturated carbocycles. The summed E-state index contributed by atoms with van der Waals surface area (Å²) >= 11 is 0. The second-order valence-electron chi connectivity index (χ2n) is 9.43. The van der Waals surface area contributed by atoms with Gasteiger partial charge in [0.15, 0.2) is 0 Å². The highest BCUT2D eigenvalue weighted by Gasteiger charge is 2.48. The molecule has 0 aromatic rings. The van der Waals surface area contributed by atoms with Gasteiger partial charge in [-0.3, -0.25) is 4.79 Å². The SMILES string of the molecule is CC(O)(CNC[C@H]1[C@@H](C/C=C\CCCC(=O)O)[C@H]2CC[C@@H]1O2)C1CCCCC1. The normalized spacial score (nSPS) is 32.8. The Hall–Kier alpha value is -0.910. The minimum Gasteiger partial charge on any atom is -0.481 e. The summed E-state index contributed by atoms with van der Waals surface area (Å²) in [5, 5.41) is 23.2. The van der Waals surface area contributed by atoms with Crippen LogP contribution in [0.5, 0.6) is 0 Å². The van der Waals surface area contributed by atoms with Crippen LogP contribution in [-0.4, -0.2) is 47.1 Å². The van der Waals surface area contributed by atoms with Crippen LogP contribution in [0, 0.1) is 17.8 Å². The number of aliphatic carboxylic acids is 1. The maximum atomic E-state index is 10.9. The van der Waals surface area contributed by atoms with Gasteiger partial charge in [0.05, 0.1) is 17.8 Å². The first-order chi connectivity index (χ1) is 13.5. The van der Waals surface area contributed by atoms with E-state index in [0.717, 1.165) is 38.6 Å². The predicted molar refractivity (Wildman–Crippen MR) is 110 cm³/mol. The zero-order valence-corrected chi connectivity index (χ0v) is 17.4. The summed E-state index contributed by atoms with van der Waals surface area (Å²) in [5.41, 5.74) is -0.613. The summed E-state index contributed by atoms with van der Waals surface area (Å²) < 4.78 is 6.19. The van der Waals surface area contributed by atoms with E-state index in [9.17, 15) is 9.90 Å². The zero-order valence-electron chi connectivity index (χ0n) is 17.4. The Kier molecular flexibility index (Phi) is 7.95. The fourth-order valence-electron chi connectivity index (χ4n) is 5.58. The van der Waals surface area contributed by atoms with Crippen molar-refractivity contribution in [2.75, 3.05) is 13.1 Å². The van der Waals surface area contributed by atoms with Crippen LogP contribution >= 0.6 is 0 Å². The number of ether oxygens (including phenoxy) is 1. The van der Waals surface area contributed by atoms with E-state index in [0.29, 0.717) is 42.9 Å². The number of carboxylic acids is 1. The average molecular weight is 394 g/mol. The Morgan fingerprint density at radius 2 is 1.82 bits per heavy atom. The van der Waals surface area contributed by atoms with Crippen molar-refractivity contribution in [1.29, 1.82) is 0 Å². The van der Waals surface area contributed by atoms with E-state index in [2.05, 4.69) is 17.5 Å². The molecule has 28 heavy (non-hydrogen) atoms. The number of nitrogens with one attached hydrogen (secondary N) is 1. The highest BCUT2D eigenvalue weighted by molar-refractivity contribution is 5.66. The van der Waals surface area contributed by atoms with Crippen LogP contribution in [0.4, 0.5) is 0 Å². The number of fused-ring (bicyclic) bond motifs is 2. The van der Waals surface area contributed by atoms with Gasteiger partial charge < -0.3 is 20.3 Å². The quantitative estimate of drug-likeness (QED) is 0.366. The number of allylic oxidation sites excluding steroid dienone is 2. The summed E-state index contributed by atoms with van der Waals surface area (Å²) in [6.45, 7) is 3.59. The molecule has 5 heteroatoms. The van der Waals surface area contributed by atoms with E-state index >= 15 is 0 Å². The molecular weight excluding hydrogens is 354 g/mol. The maximum absolute atomic E-state index is 10.9. The molecule has 2 saturated heterocycles. The molecule has 2 bridgehead atoms. The van der Waals surface area contributed by atoms with Gasteiger partial charge in [-0.1, -0.05) is 31.4 Å². The molecular formula is C23H39NO4. The third-order valence-electron chi connectivity index (χ3n) is 7.27. The van der Waals surface area contributed by atoms with Crippen LogP contribution in [0.25, 0.3) is 0 Å². The van der Waals surface area contributed by atoms with Crippen LogP contribution in [0.1, 0.15) is 77.6 Å². The fourth-order valence-corrected chi connectivity index (χ4v) is 5.58. The van der Waals surface area contributed by atoms with E-state index in [4.69, 9.17) is 9.84 Å². The third kappa shape index (κ3) is 5.80. The minimum atomic E-state index is -0.717. The van der Waals surface area contributed by atoms with Gasteiger partial charge in [0, 0.05) is 25.4 Å². The second kappa shape index (κ2) is 10.2. The Balaban J connectivity index is 1.42. The topological polar surface area (TPSA) is 78.8 Å². The molecule has 160 valence electrons. The van der Waals surface area contributed by atoms with Crippen LogP contribution < -0.4 is 5.32 Å². The molecule has 0 aromatic carbocycles. The van der Waals surface area contributed by atoms with Crippen LogP contribution in [0.3, 0.4) is 0 Å². The maximum Gasteiger partial charge on any atom is 0.303 e. The molecule has 5 nitrogen and oxygen atoms in total. The highest BCUT2D eigenvalue weighted by atomic mass is 16.5. The number of carbonyl (C=O) groups is 1. The van der Waals surface area contributed by atoms with Crippen molar-refractivity contribution >= 4 is 5.97 Å². The lowest BCUT2D eigenvalue weighted by Crippen LogP contribution is -2.47. The van der Waals surface area contributed by atoms with E-state index in [1.165, 1.54) is 25.7 Å². The first kappa shape index (κ1) is 21.8. The molecule has 2 heterocycles. The number of hydrogen-bond acceptors (Lipinski definition) is 4. The predicted octanol–water partition coefficient (Wildman–Crippen LogP) is 3.90. The highest BCUT2D eigenvalue weighted by Crippen LogP contribution is 2.45.